The van der Waals surface area contributed by atoms with Crippen LogP contribution in [-0.2, 0) is 10.0 Å². The van der Waals surface area contributed by atoms with Crippen molar-refractivity contribution < 1.29 is 13.5 Å². The molecule has 2 rings (SSSR count). The van der Waals surface area contributed by atoms with E-state index in [-0.39, 0.29) is 29.0 Å². The highest BCUT2D eigenvalue weighted by atomic mass is 35.5. The van der Waals surface area contributed by atoms with Crippen LogP contribution in [0, 0.1) is 16.7 Å². The molecule has 0 spiro atoms. The molecule has 0 aromatic heterocycles. The van der Waals surface area contributed by atoms with Gasteiger partial charge in [-0.15, -0.1) is 0 Å². The molecular weight excluding hydrogens is 288 g/mol. The first-order chi connectivity index (χ1) is 8.92. The van der Waals surface area contributed by atoms with E-state index in [1.807, 2.05) is 6.07 Å². The van der Waals surface area contributed by atoms with Crippen molar-refractivity contribution in [3.8, 4) is 6.07 Å². The van der Waals surface area contributed by atoms with Gasteiger partial charge in [0.2, 0.25) is 10.0 Å². The summed E-state index contributed by atoms with van der Waals surface area (Å²) in [7, 11) is -3.77. The zero-order valence-corrected chi connectivity index (χ0v) is 11.6. The topological polar surface area (TPSA) is 90.2 Å². The number of hydrogen-bond acceptors (Lipinski definition) is 4. The maximum atomic E-state index is 12.1. The maximum absolute atomic E-state index is 12.1. The van der Waals surface area contributed by atoms with Gasteiger partial charge in [-0.25, -0.2) is 13.1 Å². The third-order valence-electron chi connectivity index (χ3n) is 3.28. The number of nitriles is 1. The fourth-order valence-corrected chi connectivity index (χ4v) is 3.18. The Kier molecular flexibility index (Phi) is 3.83. The second-order valence-corrected chi connectivity index (χ2v) is 6.91. The SMILES string of the molecule is N#Cc1cc(Cl)ccc1S(=O)(=O)NCC1(CO)CC1. The molecule has 2 N–H and O–H groups in total. The molecule has 5 nitrogen and oxygen atoms in total. The molecule has 0 saturated heterocycles. The molecule has 102 valence electrons. The van der Waals surface area contributed by atoms with E-state index in [0.717, 1.165) is 12.8 Å². The van der Waals surface area contributed by atoms with Crippen LogP contribution in [0.4, 0.5) is 0 Å². The summed E-state index contributed by atoms with van der Waals surface area (Å²) in [5.74, 6) is 0. The molecule has 1 aromatic rings. The lowest BCUT2D eigenvalue weighted by Gasteiger charge is -2.13. The Bertz CT molecular complexity index is 633. The van der Waals surface area contributed by atoms with Crippen LogP contribution in [-0.4, -0.2) is 26.7 Å². The molecule has 0 atom stereocenters. The van der Waals surface area contributed by atoms with Gasteiger partial charge in [0.05, 0.1) is 10.5 Å². The largest absolute Gasteiger partial charge is 0.396 e. The highest BCUT2D eigenvalue weighted by Crippen LogP contribution is 2.44. The average molecular weight is 301 g/mol. The van der Waals surface area contributed by atoms with Crippen molar-refractivity contribution in [2.45, 2.75) is 17.7 Å². The second kappa shape index (κ2) is 5.10. The van der Waals surface area contributed by atoms with Gasteiger partial charge < -0.3 is 5.11 Å². The van der Waals surface area contributed by atoms with E-state index < -0.39 is 10.0 Å². The first-order valence-electron chi connectivity index (χ1n) is 5.73. The number of rotatable bonds is 5. The van der Waals surface area contributed by atoms with Gasteiger partial charge in [0.25, 0.3) is 0 Å². The quantitative estimate of drug-likeness (QED) is 0.856. The standard InChI is InChI=1S/C12H13ClN2O3S/c13-10-1-2-11(9(5-10)6-14)19(17,18)15-7-12(8-16)3-4-12/h1-2,5,15-16H,3-4,7-8H2. The van der Waals surface area contributed by atoms with E-state index in [0.29, 0.717) is 5.02 Å². The number of hydrogen-bond donors (Lipinski definition) is 2. The fourth-order valence-electron chi connectivity index (χ4n) is 1.72. The molecule has 1 fully saturated rings. The average Bonchev–Trinajstić information content (AvgIpc) is 3.17. The van der Waals surface area contributed by atoms with Gasteiger partial charge in [0.1, 0.15) is 6.07 Å². The molecular formula is C12H13ClN2O3S. The van der Waals surface area contributed by atoms with Gasteiger partial charge in [0, 0.05) is 23.6 Å². The Morgan fingerprint density at radius 2 is 2.16 bits per heavy atom. The number of nitrogens with zero attached hydrogens (tertiary/aromatic N) is 1. The van der Waals surface area contributed by atoms with Gasteiger partial charge in [-0.1, -0.05) is 11.6 Å². The van der Waals surface area contributed by atoms with E-state index in [2.05, 4.69) is 4.72 Å². The second-order valence-electron chi connectivity index (χ2n) is 4.73. The number of nitrogens with one attached hydrogen (secondary N) is 1. The smallest absolute Gasteiger partial charge is 0.241 e. The van der Waals surface area contributed by atoms with Crippen molar-refractivity contribution in [2.24, 2.45) is 5.41 Å². The molecule has 0 radical (unpaired) electrons. The minimum Gasteiger partial charge on any atom is -0.396 e. The van der Waals surface area contributed by atoms with E-state index in [1.54, 1.807) is 0 Å². The Morgan fingerprint density at radius 3 is 2.68 bits per heavy atom. The predicted molar refractivity (Wildman–Crippen MR) is 70.1 cm³/mol. The summed E-state index contributed by atoms with van der Waals surface area (Å²) >= 11 is 5.73. The zero-order valence-electron chi connectivity index (χ0n) is 10.1. The molecule has 19 heavy (non-hydrogen) atoms. The van der Waals surface area contributed by atoms with Crippen LogP contribution in [0.15, 0.2) is 23.1 Å². The van der Waals surface area contributed by atoms with Gasteiger partial charge in [0.15, 0.2) is 0 Å². The van der Waals surface area contributed by atoms with Crippen LogP contribution in [0.1, 0.15) is 18.4 Å². The zero-order chi connectivity index (χ0) is 14.1. The van der Waals surface area contributed by atoms with E-state index >= 15 is 0 Å². The monoisotopic (exact) mass is 300 g/mol. The summed E-state index contributed by atoms with van der Waals surface area (Å²) in [4.78, 5) is -0.0897. The molecule has 0 bridgehead atoms. The Hall–Kier alpha value is -1.13. The number of aliphatic hydroxyl groups excluding tert-OH is 1. The summed E-state index contributed by atoms with van der Waals surface area (Å²) in [5, 5.41) is 18.4. The molecule has 7 heteroatoms. The first kappa shape index (κ1) is 14.3. The van der Waals surface area contributed by atoms with Crippen molar-refractivity contribution in [3.05, 3.63) is 28.8 Å². The highest BCUT2D eigenvalue weighted by Gasteiger charge is 2.42. The molecule has 1 aliphatic rings. The van der Waals surface area contributed by atoms with E-state index in [4.69, 9.17) is 22.0 Å². The highest BCUT2D eigenvalue weighted by molar-refractivity contribution is 7.89. The molecule has 1 saturated carbocycles. The predicted octanol–water partition coefficient (Wildman–Crippen LogP) is 1.26. The number of benzene rings is 1. The minimum absolute atomic E-state index is 0.00819. The van der Waals surface area contributed by atoms with Crippen LogP contribution in [0.5, 0.6) is 0 Å². The van der Waals surface area contributed by atoms with Crippen LogP contribution >= 0.6 is 11.6 Å². The third kappa shape index (κ3) is 3.07. The fraction of sp³-hybridized carbons (Fsp3) is 0.417. The van der Waals surface area contributed by atoms with Crippen LogP contribution in [0.25, 0.3) is 0 Å². The molecule has 0 heterocycles. The van der Waals surface area contributed by atoms with Crippen molar-refractivity contribution in [2.75, 3.05) is 13.2 Å². The summed E-state index contributed by atoms with van der Waals surface area (Å²) in [5.41, 5.74) is -0.319. The first-order valence-corrected chi connectivity index (χ1v) is 7.59. The van der Waals surface area contributed by atoms with Crippen molar-refractivity contribution >= 4 is 21.6 Å². The third-order valence-corrected chi connectivity index (χ3v) is 4.98. The van der Waals surface area contributed by atoms with Crippen molar-refractivity contribution in [1.29, 1.82) is 5.26 Å². The van der Waals surface area contributed by atoms with E-state index in [1.165, 1.54) is 18.2 Å². The summed E-state index contributed by atoms with van der Waals surface area (Å²) in [6.07, 6.45) is 1.61. The maximum Gasteiger partial charge on any atom is 0.241 e. The van der Waals surface area contributed by atoms with E-state index in [9.17, 15) is 8.42 Å². The molecule has 1 aromatic carbocycles. The lowest BCUT2D eigenvalue weighted by atomic mass is 10.1. The summed E-state index contributed by atoms with van der Waals surface area (Å²) in [6, 6.07) is 5.86. The summed E-state index contributed by atoms with van der Waals surface area (Å²) < 4.78 is 26.7. The number of halogens is 1. The lowest BCUT2D eigenvalue weighted by molar-refractivity contribution is 0.213. The Labute approximate surface area is 116 Å². The van der Waals surface area contributed by atoms with Crippen LogP contribution in [0.3, 0.4) is 0 Å². The Morgan fingerprint density at radius 1 is 1.47 bits per heavy atom. The van der Waals surface area contributed by atoms with Crippen molar-refractivity contribution in [1.82, 2.24) is 4.72 Å². The van der Waals surface area contributed by atoms with Gasteiger partial charge in [-0.2, -0.15) is 5.26 Å². The molecule has 0 amide bonds. The Balaban J connectivity index is 2.23. The molecule has 1 aliphatic carbocycles. The normalized spacial score (nSPS) is 16.9. The summed E-state index contributed by atoms with van der Waals surface area (Å²) in [6.45, 7) is 0.139. The molecule has 0 unspecified atom stereocenters. The van der Waals surface area contributed by atoms with Crippen LogP contribution < -0.4 is 4.72 Å². The lowest BCUT2D eigenvalue weighted by Crippen LogP contribution is -2.32. The van der Waals surface area contributed by atoms with Crippen molar-refractivity contribution in [3.63, 3.8) is 0 Å². The number of sulfonamides is 1. The van der Waals surface area contributed by atoms with Crippen LogP contribution in [0.2, 0.25) is 5.02 Å². The minimum atomic E-state index is -3.77. The van der Waals surface area contributed by atoms with Gasteiger partial charge >= 0.3 is 0 Å². The van der Waals surface area contributed by atoms with Gasteiger partial charge in [-0.05, 0) is 31.0 Å². The van der Waals surface area contributed by atoms with Gasteiger partial charge in [-0.3, -0.25) is 0 Å². The molecule has 0 aliphatic heterocycles. The number of aliphatic hydroxyl groups is 1.